The van der Waals surface area contributed by atoms with Gasteiger partial charge in [-0.25, -0.2) is 0 Å². The second-order valence-corrected chi connectivity index (χ2v) is 5.79. The summed E-state index contributed by atoms with van der Waals surface area (Å²) in [6.45, 7) is 0.860. The zero-order chi connectivity index (χ0) is 10.3. The Balaban J connectivity index is 1.52. The van der Waals surface area contributed by atoms with Gasteiger partial charge in [0, 0.05) is 6.61 Å². The van der Waals surface area contributed by atoms with Crippen molar-refractivity contribution in [3.8, 4) is 0 Å². The summed E-state index contributed by atoms with van der Waals surface area (Å²) in [4.78, 5) is 0. The Morgan fingerprint density at radius 1 is 1.20 bits per heavy atom. The Hall–Kier alpha value is -0.0800. The Kier molecular flexibility index (Phi) is 2.73. The monoisotopic (exact) mass is 210 g/mol. The van der Waals surface area contributed by atoms with Gasteiger partial charge in [-0.3, -0.25) is 0 Å². The van der Waals surface area contributed by atoms with Crippen LogP contribution in [-0.4, -0.2) is 23.9 Å². The van der Waals surface area contributed by atoms with Gasteiger partial charge in [0.05, 0.1) is 12.2 Å². The average molecular weight is 210 g/mol. The normalized spacial score (nSPS) is 46.2. The predicted molar refractivity (Wildman–Crippen MR) is 58.5 cm³/mol. The summed E-state index contributed by atoms with van der Waals surface area (Å²) in [5.74, 6) is 2.74. The van der Waals surface area contributed by atoms with Crippen molar-refractivity contribution in [1.29, 1.82) is 0 Å². The highest BCUT2D eigenvalue weighted by Crippen LogP contribution is 2.50. The average Bonchev–Trinajstić information content (AvgIpc) is 2.95. The maximum atomic E-state index is 10.1. The summed E-state index contributed by atoms with van der Waals surface area (Å²) in [6, 6.07) is 0. The van der Waals surface area contributed by atoms with Crippen molar-refractivity contribution in [2.24, 2.45) is 17.8 Å². The van der Waals surface area contributed by atoms with Gasteiger partial charge in [0.15, 0.2) is 0 Å². The van der Waals surface area contributed by atoms with Crippen molar-refractivity contribution in [3.05, 3.63) is 0 Å². The number of hydrogen-bond donors (Lipinski definition) is 1. The molecule has 1 saturated heterocycles. The van der Waals surface area contributed by atoms with Gasteiger partial charge < -0.3 is 9.84 Å². The van der Waals surface area contributed by atoms with Crippen LogP contribution in [0, 0.1) is 17.8 Å². The standard InChI is InChI=1S/C13H22O2/c14-12(13-2-1-5-15-13)8-11-7-9-3-4-10(11)6-9/h9-14H,1-8H2. The van der Waals surface area contributed by atoms with Gasteiger partial charge >= 0.3 is 0 Å². The molecule has 3 aliphatic rings. The second-order valence-electron chi connectivity index (χ2n) is 5.79. The smallest absolute Gasteiger partial charge is 0.0834 e. The lowest BCUT2D eigenvalue weighted by molar-refractivity contribution is -0.0170. The van der Waals surface area contributed by atoms with Crippen LogP contribution in [0.5, 0.6) is 0 Å². The van der Waals surface area contributed by atoms with Gasteiger partial charge in [-0.2, -0.15) is 0 Å². The molecule has 0 aromatic heterocycles. The third kappa shape index (κ3) is 1.94. The van der Waals surface area contributed by atoms with Crippen molar-refractivity contribution >= 4 is 0 Å². The van der Waals surface area contributed by atoms with Gasteiger partial charge in [-0.05, 0) is 56.3 Å². The molecule has 2 bridgehead atoms. The molecule has 2 nitrogen and oxygen atoms in total. The number of aliphatic hydroxyl groups is 1. The first kappa shape index (κ1) is 10.1. The van der Waals surface area contributed by atoms with Crippen LogP contribution in [-0.2, 0) is 4.74 Å². The first-order chi connectivity index (χ1) is 7.33. The lowest BCUT2D eigenvalue weighted by atomic mass is 9.84. The number of hydrogen-bond acceptors (Lipinski definition) is 2. The van der Waals surface area contributed by atoms with E-state index in [1.165, 1.54) is 25.7 Å². The molecule has 15 heavy (non-hydrogen) atoms. The van der Waals surface area contributed by atoms with Crippen LogP contribution in [0.2, 0.25) is 0 Å². The van der Waals surface area contributed by atoms with Crippen molar-refractivity contribution < 1.29 is 9.84 Å². The van der Waals surface area contributed by atoms with E-state index in [1.54, 1.807) is 0 Å². The molecule has 3 fully saturated rings. The van der Waals surface area contributed by atoms with Crippen molar-refractivity contribution in [1.82, 2.24) is 0 Å². The van der Waals surface area contributed by atoms with Crippen molar-refractivity contribution in [2.45, 2.75) is 57.2 Å². The van der Waals surface area contributed by atoms with E-state index in [0.717, 1.165) is 43.6 Å². The van der Waals surface area contributed by atoms with E-state index >= 15 is 0 Å². The van der Waals surface area contributed by atoms with Crippen LogP contribution in [0.25, 0.3) is 0 Å². The number of aliphatic hydroxyl groups excluding tert-OH is 1. The van der Waals surface area contributed by atoms with Crippen LogP contribution in [0.15, 0.2) is 0 Å². The fourth-order valence-corrected chi connectivity index (χ4v) is 4.03. The quantitative estimate of drug-likeness (QED) is 0.775. The lowest BCUT2D eigenvalue weighted by Gasteiger charge is -2.26. The molecule has 0 spiro atoms. The molecule has 0 aromatic rings. The minimum Gasteiger partial charge on any atom is -0.390 e. The molecule has 0 radical (unpaired) electrons. The molecular weight excluding hydrogens is 188 g/mol. The molecule has 0 aromatic carbocycles. The topological polar surface area (TPSA) is 29.5 Å². The first-order valence-corrected chi connectivity index (χ1v) is 6.62. The number of rotatable bonds is 3. The van der Waals surface area contributed by atoms with Gasteiger partial charge in [0.2, 0.25) is 0 Å². The van der Waals surface area contributed by atoms with Crippen molar-refractivity contribution in [2.75, 3.05) is 6.61 Å². The van der Waals surface area contributed by atoms with Gasteiger partial charge in [0.1, 0.15) is 0 Å². The molecule has 1 heterocycles. The second kappa shape index (κ2) is 4.06. The van der Waals surface area contributed by atoms with Crippen molar-refractivity contribution in [3.63, 3.8) is 0 Å². The van der Waals surface area contributed by atoms with E-state index in [0.29, 0.717) is 0 Å². The Labute approximate surface area is 92.0 Å². The maximum absolute atomic E-state index is 10.1. The molecular formula is C13H22O2. The third-order valence-corrected chi connectivity index (χ3v) is 4.82. The summed E-state index contributed by atoms with van der Waals surface area (Å²) in [5, 5.41) is 10.1. The molecule has 3 rings (SSSR count). The molecule has 86 valence electrons. The van der Waals surface area contributed by atoms with Crippen LogP contribution < -0.4 is 0 Å². The van der Waals surface area contributed by atoms with E-state index in [-0.39, 0.29) is 12.2 Å². The highest BCUT2D eigenvalue weighted by Gasteiger charge is 2.41. The summed E-state index contributed by atoms with van der Waals surface area (Å²) in [5.41, 5.74) is 0. The summed E-state index contributed by atoms with van der Waals surface area (Å²) < 4.78 is 5.56. The largest absolute Gasteiger partial charge is 0.390 e. The molecule has 2 aliphatic carbocycles. The summed E-state index contributed by atoms with van der Waals surface area (Å²) >= 11 is 0. The van der Waals surface area contributed by atoms with Crippen LogP contribution in [0.1, 0.15) is 44.9 Å². The highest BCUT2D eigenvalue weighted by molar-refractivity contribution is 4.91. The zero-order valence-corrected chi connectivity index (χ0v) is 9.40. The minimum absolute atomic E-state index is 0.157. The predicted octanol–water partition coefficient (Wildman–Crippen LogP) is 2.35. The van der Waals surface area contributed by atoms with E-state index in [9.17, 15) is 5.11 Å². The maximum Gasteiger partial charge on any atom is 0.0834 e. The lowest BCUT2D eigenvalue weighted by Crippen LogP contribution is -2.29. The van der Waals surface area contributed by atoms with Crippen LogP contribution in [0.3, 0.4) is 0 Å². The van der Waals surface area contributed by atoms with Crippen LogP contribution >= 0.6 is 0 Å². The Morgan fingerprint density at radius 2 is 2.13 bits per heavy atom. The summed E-state index contributed by atoms with van der Waals surface area (Å²) in [7, 11) is 0. The Morgan fingerprint density at radius 3 is 2.73 bits per heavy atom. The van der Waals surface area contributed by atoms with E-state index < -0.39 is 0 Å². The first-order valence-electron chi connectivity index (χ1n) is 6.62. The molecule has 2 heteroatoms. The summed E-state index contributed by atoms with van der Waals surface area (Å²) in [6.07, 6.45) is 8.90. The van der Waals surface area contributed by atoms with E-state index in [2.05, 4.69) is 0 Å². The Bertz CT molecular complexity index is 223. The van der Waals surface area contributed by atoms with E-state index in [1.807, 2.05) is 0 Å². The minimum atomic E-state index is -0.183. The molecule has 1 aliphatic heterocycles. The number of fused-ring (bicyclic) bond motifs is 2. The van der Waals surface area contributed by atoms with E-state index in [4.69, 9.17) is 4.74 Å². The van der Waals surface area contributed by atoms with Gasteiger partial charge in [-0.1, -0.05) is 6.42 Å². The fraction of sp³-hybridized carbons (Fsp3) is 1.00. The molecule has 5 unspecified atom stereocenters. The fourth-order valence-electron chi connectivity index (χ4n) is 4.03. The highest BCUT2D eigenvalue weighted by atomic mass is 16.5. The van der Waals surface area contributed by atoms with Gasteiger partial charge in [0.25, 0.3) is 0 Å². The molecule has 0 amide bonds. The van der Waals surface area contributed by atoms with Crippen LogP contribution in [0.4, 0.5) is 0 Å². The molecule has 2 saturated carbocycles. The third-order valence-electron chi connectivity index (χ3n) is 4.82. The SMILES string of the molecule is OC(CC1CC2CCC1C2)C1CCCO1. The zero-order valence-electron chi connectivity index (χ0n) is 9.40. The molecule has 5 atom stereocenters. The van der Waals surface area contributed by atoms with Gasteiger partial charge in [-0.15, -0.1) is 0 Å². The molecule has 1 N–H and O–H groups in total. The number of ether oxygens (including phenoxy) is 1.